The lowest BCUT2D eigenvalue weighted by atomic mass is 11.2. The van der Waals surface area contributed by atoms with Crippen LogP contribution in [0.2, 0.25) is 0 Å². The smallest absolute Gasteiger partial charge is 0.323 e. The largest absolute Gasteiger partial charge is 0.346 e. The van der Waals surface area contributed by atoms with Crippen LogP contribution in [0, 0.1) is 0 Å². The first-order valence-electron chi connectivity index (χ1n) is 2.45. The molecule has 0 saturated heterocycles. The fourth-order valence-electron chi connectivity index (χ4n) is 0.495. The molecule has 56 valence electrons. The average Bonchev–Trinajstić information content (AvgIpc) is 2.12. The van der Waals surface area contributed by atoms with Crippen LogP contribution in [0.1, 0.15) is 0 Å². The van der Waals surface area contributed by atoms with E-state index in [0.29, 0.717) is 0 Å². The quantitative estimate of drug-likeness (QED) is 0.569. The number of hydrogen-bond donors (Lipinski definition) is 2. The SMILES string of the molecule is O=P(O)(O)Cn1cncn1. The van der Waals surface area contributed by atoms with Crippen molar-refractivity contribution in [1.82, 2.24) is 14.8 Å². The van der Waals surface area contributed by atoms with Crippen molar-refractivity contribution < 1.29 is 14.4 Å². The molecule has 0 atom stereocenters. The monoisotopic (exact) mass is 163 g/mol. The molecule has 0 radical (unpaired) electrons. The van der Waals surface area contributed by atoms with Crippen LogP contribution in [0.25, 0.3) is 0 Å². The van der Waals surface area contributed by atoms with Crippen LogP contribution < -0.4 is 0 Å². The number of hydrogen-bond acceptors (Lipinski definition) is 3. The Balaban J connectivity index is 2.66. The number of aromatic nitrogens is 3. The number of nitrogens with zero attached hydrogens (tertiary/aromatic N) is 3. The lowest BCUT2D eigenvalue weighted by Gasteiger charge is -2.00. The average molecular weight is 163 g/mol. The van der Waals surface area contributed by atoms with Crippen molar-refractivity contribution in [2.75, 3.05) is 0 Å². The van der Waals surface area contributed by atoms with E-state index in [1.165, 1.54) is 12.7 Å². The van der Waals surface area contributed by atoms with E-state index in [2.05, 4.69) is 10.1 Å². The molecule has 0 aliphatic rings. The molecule has 0 fully saturated rings. The molecule has 1 aromatic heterocycles. The molecule has 0 aromatic carbocycles. The Morgan fingerprint density at radius 2 is 2.30 bits per heavy atom. The Morgan fingerprint density at radius 1 is 1.60 bits per heavy atom. The molecule has 1 aromatic rings. The molecule has 0 spiro atoms. The third-order valence-electron chi connectivity index (χ3n) is 0.796. The van der Waals surface area contributed by atoms with Gasteiger partial charge in [0, 0.05) is 0 Å². The van der Waals surface area contributed by atoms with Gasteiger partial charge < -0.3 is 9.79 Å². The topological polar surface area (TPSA) is 88.2 Å². The highest BCUT2D eigenvalue weighted by molar-refractivity contribution is 7.50. The maximum absolute atomic E-state index is 10.3. The molecule has 6 nitrogen and oxygen atoms in total. The van der Waals surface area contributed by atoms with Crippen LogP contribution in [0.3, 0.4) is 0 Å². The Bertz CT molecular complexity index is 240. The molecular formula is C3H6N3O3P. The van der Waals surface area contributed by atoms with Crippen molar-refractivity contribution in [2.24, 2.45) is 0 Å². The molecule has 0 saturated carbocycles. The lowest BCUT2D eigenvalue weighted by molar-refractivity contribution is 0.359. The van der Waals surface area contributed by atoms with E-state index in [0.717, 1.165) is 4.68 Å². The minimum atomic E-state index is -3.99. The Morgan fingerprint density at radius 3 is 2.70 bits per heavy atom. The minimum Gasteiger partial charge on any atom is -0.323 e. The van der Waals surface area contributed by atoms with E-state index in [9.17, 15) is 4.57 Å². The molecular weight excluding hydrogens is 157 g/mol. The van der Waals surface area contributed by atoms with Crippen LogP contribution in [0.5, 0.6) is 0 Å². The summed E-state index contributed by atoms with van der Waals surface area (Å²) in [4.78, 5) is 20.3. The van der Waals surface area contributed by atoms with Crippen LogP contribution in [-0.4, -0.2) is 24.6 Å². The normalized spacial score (nSPS) is 11.8. The molecule has 1 heterocycles. The fraction of sp³-hybridized carbons (Fsp3) is 0.333. The van der Waals surface area contributed by atoms with Crippen molar-refractivity contribution in [3.05, 3.63) is 12.7 Å². The van der Waals surface area contributed by atoms with Gasteiger partial charge in [0.2, 0.25) is 0 Å². The molecule has 0 amide bonds. The van der Waals surface area contributed by atoms with E-state index in [4.69, 9.17) is 9.79 Å². The first kappa shape index (κ1) is 7.40. The third kappa shape index (κ3) is 2.26. The predicted octanol–water partition coefficient (Wildman–Crippen LogP) is -0.587. The molecule has 0 aliphatic heterocycles. The van der Waals surface area contributed by atoms with Crippen LogP contribution in [-0.2, 0) is 10.9 Å². The lowest BCUT2D eigenvalue weighted by Crippen LogP contribution is -1.98. The van der Waals surface area contributed by atoms with Crippen molar-refractivity contribution >= 4 is 7.60 Å². The number of rotatable bonds is 2. The summed E-state index contributed by atoms with van der Waals surface area (Å²) in [5, 5.41) is 3.51. The molecule has 0 unspecified atom stereocenters. The summed E-state index contributed by atoms with van der Waals surface area (Å²) in [5.74, 6) is 0. The van der Waals surface area contributed by atoms with E-state index in [1.807, 2.05) is 0 Å². The molecule has 1 rings (SSSR count). The standard InChI is InChI=1S/C3H6N3O3P/c7-10(8,9)3-6-2-4-1-5-6/h1-2H,3H2,(H2,7,8,9). The van der Waals surface area contributed by atoms with Gasteiger partial charge in [0.25, 0.3) is 0 Å². The molecule has 0 bridgehead atoms. The first-order valence-corrected chi connectivity index (χ1v) is 4.25. The molecule has 0 aliphatic carbocycles. The van der Waals surface area contributed by atoms with Gasteiger partial charge >= 0.3 is 7.60 Å². The van der Waals surface area contributed by atoms with E-state index in [1.54, 1.807) is 0 Å². The summed E-state index contributed by atoms with van der Waals surface area (Å²) in [6.07, 6.45) is 2.06. The first-order chi connectivity index (χ1) is 4.58. The van der Waals surface area contributed by atoms with Crippen molar-refractivity contribution in [2.45, 2.75) is 6.29 Å². The van der Waals surface area contributed by atoms with Crippen molar-refractivity contribution in [3.8, 4) is 0 Å². The molecule has 2 N–H and O–H groups in total. The second-order valence-corrected chi connectivity index (χ2v) is 3.35. The minimum absolute atomic E-state index is 0.410. The highest BCUT2D eigenvalue weighted by Gasteiger charge is 2.13. The van der Waals surface area contributed by atoms with E-state index >= 15 is 0 Å². The fourth-order valence-corrected chi connectivity index (χ4v) is 1.02. The summed E-state index contributed by atoms with van der Waals surface area (Å²) >= 11 is 0. The van der Waals surface area contributed by atoms with E-state index < -0.39 is 13.9 Å². The second-order valence-electron chi connectivity index (χ2n) is 1.74. The van der Waals surface area contributed by atoms with Crippen molar-refractivity contribution in [1.29, 1.82) is 0 Å². The summed E-state index contributed by atoms with van der Waals surface area (Å²) in [6.45, 7) is 0. The predicted molar refractivity (Wildman–Crippen MR) is 32.1 cm³/mol. The third-order valence-corrected chi connectivity index (χ3v) is 1.45. The van der Waals surface area contributed by atoms with Gasteiger partial charge in [-0.1, -0.05) is 0 Å². The molecule has 10 heavy (non-hydrogen) atoms. The summed E-state index contributed by atoms with van der Waals surface area (Å²) in [5.41, 5.74) is 0. The zero-order chi connectivity index (χ0) is 7.61. The zero-order valence-corrected chi connectivity index (χ0v) is 5.85. The van der Waals surface area contributed by atoms with Gasteiger partial charge in [-0.2, -0.15) is 5.10 Å². The summed E-state index contributed by atoms with van der Waals surface area (Å²) in [6, 6.07) is 0. The Kier molecular flexibility index (Phi) is 1.85. The van der Waals surface area contributed by atoms with Gasteiger partial charge in [-0.05, 0) is 0 Å². The van der Waals surface area contributed by atoms with Crippen LogP contribution in [0.15, 0.2) is 12.7 Å². The summed E-state index contributed by atoms with van der Waals surface area (Å²) < 4.78 is 11.4. The Labute approximate surface area is 56.7 Å². The highest BCUT2D eigenvalue weighted by atomic mass is 31.2. The van der Waals surface area contributed by atoms with Gasteiger partial charge in [-0.25, -0.2) is 9.67 Å². The van der Waals surface area contributed by atoms with Crippen LogP contribution in [0.4, 0.5) is 0 Å². The molecule has 7 heteroatoms. The zero-order valence-electron chi connectivity index (χ0n) is 4.95. The van der Waals surface area contributed by atoms with Gasteiger partial charge in [0.15, 0.2) is 0 Å². The maximum Gasteiger partial charge on any atom is 0.346 e. The second kappa shape index (κ2) is 2.49. The summed E-state index contributed by atoms with van der Waals surface area (Å²) in [7, 11) is -3.99. The highest BCUT2D eigenvalue weighted by Crippen LogP contribution is 2.35. The van der Waals surface area contributed by atoms with E-state index in [-0.39, 0.29) is 0 Å². The Hall–Kier alpha value is -0.710. The van der Waals surface area contributed by atoms with Gasteiger partial charge in [-0.15, -0.1) is 0 Å². The van der Waals surface area contributed by atoms with Gasteiger partial charge in [0.1, 0.15) is 18.9 Å². The van der Waals surface area contributed by atoms with Gasteiger partial charge in [0.05, 0.1) is 0 Å². The van der Waals surface area contributed by atoms with Gasteiger partial charge in [-0.3, -0.25) is 4.57 Å². The van der Waals surface area contributed by atoms with Crippen LogP contribution >= 0.6 is 7.60 Å². The van der Waals surface area contributed by atoms with Crippen molar-refractivity contribution in [3.63, 3.8) is 0 Å². The maximum atomic E-state index is 10.3.